The number of aromatic nitrogens is 1. The van der Waals surface area contributed by atoms with Crippen LogP contribution in [0, 0.1) is 0 Å². The fourth-order valence-corrected chi connectivity index (χ4v) is 4.04. The van der Waals surface area contributed by atoms with E-state index >= 15 is 0 Å². The zero-order valence-electron chi connectivity index (χ0n) is 13.4. The Labute approximate surface area is 155 Å². The van der Waals surface area contributed by atoms with Gasteiger partial charge in [0.25, 0.3) is 0 Å². The van der Waals surface area contributed by atoms with Crippen molar-refractivity contribution in [1.82, 2.24) is 4.98 Å². The average molecular weight is 422 g/mol. The number of carbonyl (C=O) groups excluding carboxylic acids is 1. The molecule has 0 aliphatic carbocycles. The minimum atomic E-state index is -1.32. The van der Waals surface area contributed by atoms with Crippen LogP contribution in [0.4, 0.5) is 0 Å². The lowest BCUT2D eigenvalue weighted by molar-refractivity contribution is 0.0528. The van der Waals surface area contributed by atoms with Crippen molar-refractivity contribution in [3.63, 3.8) is 0 Å². The smallest absolute Gasteiger partial charge is 0.340 e. The molecule has 0 aliphatic heterocycles. The van der Waals surface area contributed by atoms with Crippen molar-refractivity contribution >= 4 is 43.6 Å². The molecule has 7 heteroatoms. The van der Waals surface area contributed by atoms with Gasteiger partial charge in [0.2, 0.25) is 0 Å². The van der Waals surface area contributed by atoms with Gasteiger partial charge in [-0.05, 0) is 47.1 Å². The maximum Gasteiger partial charge on any atom is 0.340 e. The number of phenolic OH excluding ortho intramolecular Hbond substituents is 1. The van der Waals surface area contributed by atoms with Crippen LogP contribution in [-0.2, 0) is 21.3 Å². The molecule has 0 spiro atoms. The Bertz CT molecular complexity index is 953. The zero-order valence-corrected chi connectivity index (χ0v) is 15.8. The van der Waals surface area contributed by atoms with Crippen molar-refractivity contribution in [3.05, 3.63) is 58.2 Å². The van der Waals surface area contributed by atoms with E-state index in [1.54, 1.807) is 25.1 Å². The number of nitrogens with one attached hydrogen (secondary N) is 1. The first-order chi connectivity index (χ1) is 12.0. The van der Waals surface area contributed by atoms with Gasteiger partial charge < -0.3 is 14.8 Å². The minimum Gasteiger partial charge on any atom is -0.507 e. The summed E-state index contributed by atoms with van der Waals surface area (Å²) in [6, 6.07) is 12.2. The van der Waals surface area contributed by atoms with Gasteiger partial charge >= 0.3 is 5.97 Å². The molecule has 1 aromatic heterocycles. The van der Waals surface area contributed by atoms with E-state index in [1.165, 1.54) is 6.07 Å². The van der Waals surface area contributed by atoms with Gasteiger partial charge in [-0.1, -0.05) is 18.2 Å². The van der Waals surface area contributed by atoms with Crippen LogP contribution in [0.2, 0.25) is 0 Å². The third-order valence-corrected chi connectivity index (χ3v) is 5.69. The summed E-state index contributed by atoms with van der Waals surface area (Å²) >= 11 is 3.26. The molecule has 25 heavy (non-hydrogen) atoms. The van der Waals surface area contributed by atoms with Crippen molar-refractivity contribution in [3.8, 4) is 5.75 Å². The normalized spacial score (nSPS) is 12.2. The van der Waals surface area contributed by atoms with Crippen LogP contribution in [0.15, 0.2) is 51.8 Å². The molecule has 0 fully saturated rings. The fourth-order valence-electron chi connectivity index (χ4n) is 2.59. The van der Waals surface area contributed by atoms with E-state index < -0.39 is 16.8 Å². The number of hydrogen-bond acceptors (Lipinski definition) is 4. The molecule has 2 aromatic carbocycles. The Morgan fingerprint density at radius 2 is 2.00 bits per heavy atom. The monoisotopic (exact) mass is 421 g/mol. The second-order valence-corrected chi connectivity index (χ2v) is 7.66. The lowest BCUT2D eigenvalue weighted by Gasteiger charge is -2.05. The van der Waals surface area contributed by atoms with Crippen LogP contribution in [0.5, 0.6) is 5.75 Å². The Morgan fingerprint density at radius 1 is 1.28 bits per heavy atom. The molecule has 3 rings (SSSR count). The van der Waals surface area contributed by atoms with Crippen LogP contribution in [-0.4, -0.2) is 26.9 Å². The predicted molar refractivity (Wildman–Crippen MR) is 100 cm³/mol. The molecule has 0 saturated carbocycles. The molecule has 1 unspecified atom stereocenters. The Balaban J connectivity index is 2.08. The fraction of sp³-hybridized carbons (Fsp3) is 0.167. The van der Waals surface area contributed by atoms with E-state index in [9.17, 15) is 14.1 Å². The van der Waals surface area contributed by atoms with E-state index in [2.05, 4.69) is 20.9 Å². The Morgan fingerprint density at radius 3 is 2.68 bits per heavy atom. The maximum atomic E-state index is 12.6. The molecule has 3 aromatic rings. The number of phenols is 1. The van der Waals surface area contributed by atoms with E-state index in [0.29, 0.717) is 31.5 Å². The summed E-state index contributed by atoms with van der Waals surface area (Å²) in [5, 5.41) is 10.5. The van der Waals surface area contributed by atoms with Crippen LogP contribution < -0.4 is 0 Å². The highest BCUT2D eigenvalue weighted by molar-refractivity contribution is 9.10. The standard InChI is InChI=1S/C18H16BrNO4S/c1-2-24-18(22)17-12-8-16(21)13(19)9-14(12)20-15(17)10-25(23)11-6-4-3-5-7-11/h3-9,20-21H,2,10H2,1H3. The van der Waals surface area contributed by atoms with Gasteiger partial charge in [0.1, 0.15) is 5.75 Å². The third kappa shape index (κ3) is 3.62. The number of hydrogen-bond donors (Lipinski definition) is 2. The molecule has 1 atom stereocenters. The van der Waals surface area contributed by atoms with Crippen molar-refractivity contribution < 1.29 is 18.8 Å². The molecule has 0 amide bonds. The van der Waals surface area contributed by atoms with E-state index in [-0.39, 0.29) is 18.1 Å². The van der Waals surface area contributed by atoms with Gasteiger partial charge in [-0.25, -0.2) is 4.79 Å². The molecule has 0 bridgehead atoms. The Kier molecular flexibility index (Phi) is 5.24. The molecular weight excluding hydrogens is 406 g/mol. The summed E-state index contributed by atoms with van der Waals surface area (Å²) in [7, 11) is -1.32. The van der Waals surface area contributed by atoms with E-state index in [1.807, 2.05) is 18.2 Å². The highest BCUT2D eigenvalue weighted by Gasteiger charge is 2.22. The van der Waals surface area contributed by atoms with Gasteiger partial charge in [0.05, 0.1) is 33.2 Å². The molecule has 0 saturated heterocycles. The topological polar surface area (TPSA) is 79.4 Å². The number of halogens is 1. The second kappa shape index (κ2) is 7.41. The minimum absolute atomic E-state index is 0.0211. The van der Waals surface area contributed by atoms with Gasteiger partial charge in [-0.2, -0.15) is 0 Å². The highest BCUT2D eigenvalue weighted by atomic mass is 79.9. The van der Waals surface area contributed by atoms with Gasteiger partial charge in [0.15, 0.2) is 0 Å². The van der Waals surface area contributed by atoms with Crippen molar-refractivity contribution in [2.45, 2.75) is 17.6 Å². The van der Waals surface area contributed by atoms with Crippen molar-refractivity contribution in [2.24, 2.45) is 0 Å². The van der Waals surface area contributed by atoms with Crippen LogP contribution in [0.1, 0.15) is 23.0 Å². The number of H-pyrrole nitrogens is 1. The molecule has 5 nitrogen and oxygen atoms in total. The number of esters is 1. The van der Waals surface area contributed by atoms with Crippen molar-refractivity contribution in [2.75, 3.05) is 6.61 Å². The Hall–Kier alpha value is -2.12. The van der Waals surface area contributed by atoms with E-state index in [0.717, 1.165) is 0 Å². The second-order valence-electron chi connectivity index (χ2n) is 5.35. The molecule has 2 N–H and O–H groups in total. The molecule has 1 heterocycles. The SMILES string of the molecule is CCOC(=O)c1c(CS(=O)c2ccccc2)[nH]c2cc(Br)c(O)cc12. The first-order valence-corrected chi connectivity index (χ1v) is 9.76. The molecule has 0 radical (unpaired) electrons. The van der Waals surface area contributed by atoms with Gasteiger partial charge in [0, 0.05) is 21.5 Å². The summed E-state index contributed by atoms with van der Waals surface area (Å²) in [6.45, 7) is 1.96. The van der Waals surface area contributed by atoms with Crippen molar-refractivity contribution in [1.29, 1.82) is 0 Å². The predicted octanol–water partition coefficient (Wildman–Crippen LogP) is 4.12. The first-order valence-electron chi connectivity index (χ1n) is 7.65. The zero-order chi connectivity index (χ0) is 18.0. The van der Waals surface area contributed by atoms with Gasteiger partial charge in [-0.3, -0.25) is 4.21 Å². The summed E-state index contributed by atoms with van der Waals surface area (Å²) in [5.74, 6) is -0.339. The average Bonchev–Trinajstić information content (AvgIpc) is 2.93. The summed E-state index contributed by atoms with van der Waals surface area (Å²) < 4.78 is 18.3. The quantitative estimate of drug-likeness (QED) is 0.607. The first kappa shape index (κ1) is 17.7. The number of rotatable bonds is 5. The van der Waals surface area contributed by atoms with Gasteiger partial charge in [-0.15, -0.1) is 0 Å². The van der Waals surface area contributed by atoms with Crippen LogP contribution in [0.25, 0.3) is 10.9 Å². The third-order valence-electron chi connectivity index (χ3n) is 3.70. The number of fused-ring (bicyclic) bond motifs is 1. The largest absolute Gasteiger partial charge is 0.507 e. The highest BCUT2D eigenvalue weighted by Crippen LogP contribution is 2.33. The number of aromatic amines is 1. The summed E-state index contributed by atoms with van der Waals surface area (Å²) in [4.78, 5) is 16.2. The molecule has 0 aliphatic rings. The van der Waals surface area contributed by atoms with E-state index in [4.69, 9.17) is 4.74 Å². The number of carbonyl (C=O) groups is 1. The number of aromatic hydroxyl groups is 1. The molecule has 130 valence electrons. The summed E-state index contributed by atoms with van der Waals surface area (Å²) in [5.41, 5.74) is 1.49. The maximum absolute atomic E-state index is 12.6. The number of benzene rings is 2. The number of ether oxygens (including phenoxy) is 1. The van der Waals surface area contributed by atoms with Crippen LogP contribution >= 0.6 is 15.9 Å². The summed E-state index contributed by atoms with van der Waals surface area (Å²) in [6.07, 6.45) is 0. The van der Waals surface area contributed by atoms with Crippen LogP contribution in [0.3, 0.4) is 0 Å². The lowest BCUT2D eigenvalue weighted by atomic mass is 10.1. The molecular formula is C18H16BrNO4S. The lowest BCUT2D eigenvalue weighted by Crippen LogP contribution is -2.08.